The van der Waals surface area contributed by atoms with Crippen LogP contribution in [0.4, 0.5) is 10.2 Å². The zero-order valence-electron chi connectivity index (χ0n) is 14.8. The van der Waals surface area contributed by atoms with Gasteiger partial charge in [0.1, 0.15) is 17.4 Å². The lowest BCUT2D eigenvalue weighted by Crippen LogP contribution is -2.31. The van der Waals surface area contributed by atoms with Crippen molar-refractivity contribution in [3.05, 3.63) is 21.4 Å². The summed E-state index contributed by atoms with van der Waals surface area (Å²) in [6.45, 7) is 2.97. The second kappa shape index (κ2) is 7.06. The molecular weight excluding hydrogens is 439 g/mol. The van der Waals surface area contributed by atoms with Crippen molar-refractivity contribution in [3.63, 3.8) is 0 Å². The summed E-state index contributed by atoms with van der Waals surface area (Å²) in [5, 5.41) is 3.69. The average molecular weight is 457 g/mol. The van der Waals surface area contributed by atoms with Gasteiger partial charge in [-0.3, -0.25) is 9.00 Å². The van der Waals surface area contributed by atoms with E-state index in [1.807, 2.05) is 0 Å². The number of halogens is 2. The Kier molecular flexibility index (Phi) is 4.89. The molecule has 2 aromatic rings. The predicted octanol–water partition coefficient (Wildman–Crippen LogP) is 2.33. The molecule has 0 aliphatic carbocycles. The molecule has 144 valence electrons. The Hall–Kier alpha value is -1.65. The Morgan fingerprint density at radius 1 is 1.37 bits per heavy atom. The minimum absolute atomic E-state index is 0.0506. The number of fused-ring (bicyclic) bond motifs is 3. The van der Waals surface area contributed by atoms with Gasteiger partial charge in [0.2, 0.25) is 11.1 Å². The van der Waals surface area contributed by atoms with E-state index in [4.69, 9.17) is 4.74 Å². The van der Waals surface area contributed by atoms with Gasteiger partial charge in [0.25, 0.3) is 0 Å². The third kappa shape index (κ3) is 3.03. The van der Waals surface area contributed by atoms with E-state index in [1.54, 1.807) is 18.9 Å². The first-order valence-corrected chi connectivity index (χ1v) is 10.7. The first-order chi connectivity index (χ1) is 12.9. The fraction of sp³-hybridized carbons (Fsp3) is 0.471. The average Bonchev–Trinajstić information content (AvgIpc) is 3.27. The molecule has 2 aliphatic heterocycles. The van der Waals surface area contributed by atoms with Crippen LogP contribution in [-0.4, -0.2) is 50.4 Å². The van der Waals surface area contributed by atoms with Crippen molar-refractivity contribution >= 4 is 49.4 Å². The molecule has 0 radical (unpaired) electrons. The molecule has 3 heterocycles. The summed E-state index contributed by atoms with van der Waals surface area (Å²) < 4.78 is 33.2. The summed E-state index contributed by atoms with van der Waals surface area (Å²) >= 11 is 3.29. The molecule has 1 fully saturated rings. The third-order valence-corrected chi connectivity index (χ3v) is 6.86. The molecule has 1 N–H and O–H groups in total. The maximum Gasteiger partial charge on any atom is 0.244 e. The molecule has 2 aliphatic rings. The summed E-state index contributed by atoms with van der Waals surface area (Å²) in [7, 11) is 0.279. The number of benzene rings is 1. The molecule has 0 spiro atoms. The zero-order valence-corrected chi connectivity index (χ0v) is 17.2. The molecule has 1 saturated heterocycles. The van der Waals surface area contributed by atoms with Gasteiger partial charge in [0.05, 0.1) is 33.9 Å². The van der Waals surface area contributed by atoms with Gasteiger partial charge < -0.3 is 15.0 Å². The van der Waals surface area contributed by atoms with E-state index in [-0.39, 0.29) is 23.2 Å². The van der Waals surface area contributed by atoms with Crippen LogP contribution in [0.5, 0.6) is 0 Å². The standard InChI is InChI=1S/C17H18BrFN4O3S/c1-3-27(25)17-21-14-11(8-6-26-7-9(8)12(18)13(14)19)15(22-17)20-10-4-5-23(2)16(10)24/h10H,3-7H2,1-2H3,(H,20,21,22)/t10-,27?/m1/s1. The Balaban J connectivity index is 1.95. The van der Waals surface area contributed by atoms with Crippen LogP contribution in [0.25, 0.3) is 10.9 Å². The smallest absolute Gasteiger partial charge is 0.244 e. The van der Waals surface area contributed by atoms with Gasteiger partial charge in [0, 0.05) is 24.9 Å². The highest BCUT2D eigenvalue weighted by molar-refractivity contribution is 9.10. The van der Waals surface area contributed by atoms with E-state index in [0.29, 0.717) is 46.6 Å². The van der Waals surface area contributed by atoms with Crippen LogP contribution in [0.2, 0.25) is 0 Å². The topological polar surface area (TPSA) is 84.4 Å². The van der Waals surface area contributed by atoms with Gasteiger partial charge in [-0.15, -0.1) is 0 Å². The highest BCUT2D eigenvalue weighted by atomic mass is 79.9. The highest BCUT2D eigenvalue weighted by Crippen LogP contribution is 2.39. The first-order valence-electron chi connectivity index (χ1n) is 8.60. The molecule has 1 unspecified atom stereocenters. The molecule has 27 heavy (non-hydrogen) atoms. The number of amides is 1. The van der Waals surface area contributed by atoms with Gasteiger partial charge in [0.15, 0.2) is 5.82 Å². The summed E-state index contributed by atoms with van der Waals surface area (Å²) in [6, 6.07) is -0.458. The second-order valence-electron chi connectivity index (χ2n) is 6.54. The van der Waals surface area contributed by atoms with Crippen molar-refractivity contribution in [2.45, 2.75) is 37.8 Å². The van der Waals surface area contributed by atoms with Crippen molar-refractivity contribution in [1.82, 2.24) is 14.9 Å². The van der Waals surface area contributed by atoms with Crippen LogP contribution in [0.3, 0.4) is 0 Å². The Labute approximate surface area is 166 Å². The van der Waals surface area contributed by atoms with E-state index in [9.17, 15) is 9.00 Å². The van der Waals surface area contributed by atoms with E-state index in [2.05, 4.69) is 31.2 Å². The Bertz CT molecular complexity index is 987. The number of hydrogen-bond acceptors (Lipinski definition) is 6. The molecule has 0 bridgehead atoms. The van der Waals surface area contributed by atoms with Gasteiger partial charge in [-0.1, -0.05) is 6.92 Å². The van der Waals surface area contributed by atoms with Crippen LogP contribution < -0.4 is 5.32 Å². The SMILES string of the molecule is CCS(=O)c1nc(N[C@@H]2CCN(C)C2=O)c2c3c(c(Br)c(F)c2n1)COC3. The van der Waals surface area contributed by atoms with Gasteiger partial charge in [-0.2, -0.15) is 0 Å². The molecule has 2 atom stereocenters. The lowest BCUT2D eigenvalue weighted by Gasteiger charge is -2.17. The number of ether oxygens (including phenoxy) is 1. The summed E-state index contributed by atoms with van der Waals surface area (Å²) in [5.41, 5.74) is 1.58. The normalized spacial score (nSPS) is 20.4. The summed E-state index contributed by atoms with van der Waals surface area (Å²) in [6.07, 6.45) is 0.616. The number of likely N-dealkylation sites (tertiary alicyclic amines) is 1. The fourth-order valence-electron chi connectivity index (χ4n) is 3.43. The third-order valence-electron chi connectivity index (χ3n) is 4.92. The summed E-state index contributed by atoms with van der Waals surface area (Å²) in [5.74, 6) is 0.0558. The second-order valence-corrected chi connectivity index (χ2v) is 8.96. The van der Waals surface area contributed by atoms with Crippen LogP contribution in [-0.2, 0) is 33.5 Å². The lowest BCUT2D eigenvalue weighted by atomic mass is 10.0. The monoisotopic (exact) mass is 456 g/mol. The summed E-state index contributed by atoms with van der Waals surface area (Å²) in [4.78, 5) is 22.6. The van der Waals surface area contributed by atoms with E-state index in [1.165, 1.54) is 0 Å². The number of carbonyl (C=O) groups is 1. The van der Waals surface area contributed by atoms with E-state index in [0.717, 1.165) is 5.56 Å². The molecule has 0 saturated carbocycles. The van der Waals surface area contributed by atoms with Crippen molar-refractivity contribution < 1.29 is 18.1 Å². The van der Waals surface area contributed by atoms with E-state index < -0.39 is 22.7 Å². The highest BCUT2D eigenvalue weighted by Gasteiger charge is 2.32. The number of carbonyl (C=O) groups excluding carboxylic acids is 1. The van der Waals surface area contributed by atoms with Gasteiger partial charge in [-0.25, -0.2) is 14.4 Å². The van der Waals surface area contributed by atoms with Crippen molar-refractivity contribution in [1.29, 1.82) is 0 Å². The number of hydrogen-bond donors (Lipinski definition) is 1. The van der Waals surface area contributed by atoms with E-state index >= 15 is 4.39 Å². The molecule has 1 aromatic heterocycles. The molecule has 1 aromatic carbocycles. The maximum absolute atomic E-state index is 15.0. The quantitative estimate of drug-likeness (QED) is 0.710. The minimum Gasteiger partial charge on any atom is -0.372 e. The van der Waals surface area contributed by atoms with Crippen LogP contribution in [0, 0.1) is 5.82 Å². The maximum atomic E-state index is 15.0. The largest absolute Gasteiger partial charge is 0.372 e. The van der Waals surface area contributed by atoms with Gasteiger partial charge >= 0.3 is 0 Å². The predicted molar refractivity (Wildman–Crippen MR) is 102 cm³/mol. The molecule has 10 heteroatoms. The van der Waals surface area contributed by atoms with Crippen molar-refractivity contribution in [2.75, 3.05) is 24.7 Å². The van der Waals surface area contributed by atoms with Gasteiger partial charge in [-0.05, 0) is 27.9 Å². The minimum atomic E-state index is -1.46. The van der Waals surface area contributed by atoms with Crippen molar-refractivity contribution in [3.8, 4) is 0 Å². The molecule has 7 nitrogen and oxygen atoms in total. The molecular formula is C17H18BrFN4O3S. The number of nitrogens with zero attached hydrogens (tertiary/aromatic N) is 3. The van der Waals surface area contributed by atoms with Crippen molar-refractivity contribution in [2.24, 2.45) is 0 Å². The number of aromatic nitrogens is 2. The molecule has 1 amide bonds. The Morgan fingerprint density at radius 2 is 2.11 bits per heavy atom. The fourth-order valence-corrected chi connectivity index (χ4v) is 4.61. The van der Waals surface area contributed by atoms with Crippen LogP contribution >= 0.6 is 15.9 Å². The van der Waals surface area contributed by atoms with Crippen LogP contribution in [0.15, 0.2) is 9.63 Å². The number of likely N-dealkylation sites (N-methyl/N-ethyl adjacent to an activating group) is 1. The zero-order chi connectivity index (χ0) is 19.3. The Morgan fingerprint density at radius 3 is 2.78 bits per heavy atom. The lowest BCUT2D eigenvalue weighted by molar-refractivity contribution is -0.127. The first kappa shape index (κ1) is 18.7. The number of rotatable bonds is 4. The number of anilines is 1. The van der Waals surface area contributed by atoms with Crippen LogP contribution in [0.1, 0.15) is 24.5 Å². The molecule has 4 rings (SSSR count). The number of nitrogens with one attached hydrogen (secondary N) is 1.